The summed E-state index contributed by atoms with van der Waals surface area (Å²) in [5.41, 5.74) is 1.11. The van der Waals surface area contributed by atoms with Crippen LogP contribution in [0, 0.1) is 0 Å². The summed E-state index contributed by atoms with van der Waals surface area (Å²) in [7, 11) is 1.66. The molecule has 3 aromatic rings. The monoisotopic (exact) mass is 352 g/mol. The van der Waals surface area contributed by atoms with Crippen LogP contribution < -0.4 is 10.1 Å². The van der Waals surface area contributed by atoms with Gasteiger partial charge in [-0.15, -0.1) is 5.10 Å². The van der Waals surface area contributed by atoms with Crippen molar-refractivity contribution < 1.29 is 9.47 Å². The fourth-order valence-electron chi connectivity index (χ4n) is 2.88. The molecule has 0 radical (unpaired) electrons. The van der Waals surface area contributed by atoms with E-state index in [0.717, 1.165) is 23.7 Å². The molecule has 26 heavy (non-hydrogen) atoms. The first-order valence-electron chi connectivity index (χ1n) is 8.51. The van der Waals surface area contributed by atoms with Gasteiger partial charge in [-0.25, -0.2) is 9.97 Å². The Morgan fingerprint density at radius 1 is 1.27 bits per heavy atom. The number of hydrogen-bond acceptors (Lipinski definition) is 7. The summed E-state index contributed by atoms with van der Waals surface area (Å²) in [4.78, 5) is 13.2. The van der Waals surface area contributed by atoms with E-state index in [1.807, 2.05) is 24.3 Å². The summed E-state index contributed by atoms with van der Waals surface area (Å²) in [5.74, 6) is 2.91. The number of methoxy groups -OCH3 is 1. The van der Waals surface area contributed by atoms with Crippen LogP contribution in [0.5, 0.6) is 5.75 Å². The number of ether oxygens (including phenoxy) is 2. The van der Waals surface area contributed by atoms with E-state index in [-0.39, 0.29) is 6.10 Å². The third-order valence-corrected chi connectivity index (χ3v) is 4.18. The molecule has 1 unspecified atom stereocenters. The Morgan fingerprint density at radius 2 is 2.15 bits per heavy atom. The first kappa shape index (κ1) is 16.6. The Morgan fingerprint density at radius 3 is 2.85 bits per heavy atom. The number of nitrogens with zero attached hydrogens (tertiary/aromatic N) is 5. The Labute approximate surface area is 151 Å². The van der Waals surface area contributed by atoms with E-state index in [4.69, 9.17) is 14.5 Å². The molecule has 1 aromatic carbocycles. The topological polar surface area (TPSA) is 87.0 Å². The molecule has 0 aliphatic carbocycles. The largest absolute Gasteiger partial charge is 0.497 e. The molecule has 4 rings (SSSR count). The molecule has 8 heteroatoms. The van der Waals surface area contributed by atoms with Crippen molar-refractivity contribution in [3.63, 3.8) is 0 Å². The Hall–Kier alpha value is -2.84. The molecule has 1 fully saturated rings. The van der Waals surface area contributed by atoms with Gasteiger partial charge in [0.05, 0.1) is 19.9 Å². The van der Waals surface area contributed by atoms with Crippen molar-refractivity contribution in [2.24, 2.45) is 0 Å². The molecule has 1 atom stereocenters. The lowest BCUT2D eigenvalue weighted by molar-refractivity contribution is 0.0207. The van der Waals surface area contributed by atoms with Gasteiger partial charge >= 0.3 is 0 Å². The van der Waals surface area contributed by atoms with Gasteiger partial charge in [-0.05, 0) is 17.7 Å². The second-order valence-corrected chi connectivity index (χ2v) is 5.95. The quantitative estimate of drug-likeness (QED) is 0.741. The third kappa shape index (κ3) is 3.56. The van der Waals surface area contributed by atoms with Gasteiger partial charge < -0.3 is 14.8 Å². The fourth-order valence-corrected chi connectivity index (χ4v) is 2.88. The molecule has 134 valence electrons. The molecule has 1 N–H and O–H groups in total. The maximum absolute atomic E-state index is 5.87. The molecule has 0 spiro atoms. The summed E-state index contributed by atoms with van der Waals surface area (Å²) in [6.45, 7) is 2.18. The highest BCUT2D eigenvalue weighted by Crippen LogP contribution is 2.21. The SMILES string of the molecule is COc1ccc(Cc2nc(C3CNCCO3)n(-c3cnccn3)n2)cc1. The first-order valence-corrected chi connectivity index (χ1v) is 8.51. The van der Waals surface area contributed by atoms with E-state index in [1.54, 1.807) is 30.4 Å². The molecule has 0 bridgehead atoms. The molecule has 3 heterocycles. The van der Waals surface area contributed by atoms with Gasteiger partial charge in [-0.1, -0.05) is 12.1 Å². The average Bonchev–Trinajstić information content (AvgIpc) is 3.14. The Bertz CT molecular complexity index is 844. The minimum atomic E-state index is -0.164. The average molecular weight is 352 g/mol. The van der Waals surface area contributed by atoms with Crippen LogP contribution in [0.2, 0.25) is 0 Å². The van der Waals surface area contributed by atoms with E-state index in [2.05, 4.69) is 20.4 Å². The van der Waals surface area contributed by atoms with E-state index >= 15 is 0 Å². The number of rotatable bonds is 5. The fraction of sp³-hybridized carbons (Fsp3) is 0.333. The second-order valence-electron chi connectivity index (χ2n) is 5.95. The Kier molecular flexibility index (Phi) is 4.85. The van der Waals surface area contributed by atoms with Crippen molar-refractivity contribution in [2.45, 2.75) is 12.5 Å². The number of benzene rings is 1. The normalized spacial score (nSPS) is 17.2. The van der Waals surface area contributed by atoms with Gasteiger partial charge in [0.2, 0.25) is 0 Å². The van der Waals surface area contributed by atoms with Gasteiger partial charge in [-0.2, -0.15) is 4.68 Å². The minimum absolute atomic E-state index is 0.164. The van der Waals surface area contributed by atoms with Crippen molar-refractivity contribution in [1.29, 1.82) is 0 Å². The zero-order chi connectivity index (χ0) is 17.8. The molecular formula is C18H20N6O2. The van der Waals surface area contributed by atoms with Crippen molar-refractivity contribution in [3.8, 4) is 11.6 Å². The summed E-state index contributed by atoms with van der Waals surface area (Å²) in [6.07, 6.45) is 5.40. The zero-order valence-corrected chi connectivity index (χ0v) is 14.5. The second kappa shape index (κ2) is 7.59. The van der Waals surface area contributed by atoms with Gasteiger partial charge in [0.25, 0.3) is 0 Å². The van der Waals surface area contributed by atoms with Crippen molar-refractivity contribution in [2.75, 3.05) is 26.8 Å². The van der Waals surface area contributed by atoms with Crippen LogP contribution in [-0.2, 0) is 11.2 Å². The lowest BCUT2D eigenvalue weighted by atomic mass is 10.1. The minimum Gasteiger partial charge on any atom is -0.497 e. The van der Waals surface area contributed by atoms with E-state index in [1.165, 1.54) is 0 Å². The highest BCUT2D eigenvalue weighted by Gasteiger charge is 2.24. The number of aromatic nitrogens is 5. The highest BCUT2D eigenvalue weighted by molar-refractivity contribution is 5.29. The van der Waals surface area contributed by atoms with Crippen LogP contribution in [0.1, 0.15) is 23.3 Å². The molecule has 2 aromatic heterocycles. The van der Waals surface area contributed by atoms with E-state index in [0.29, 0.717) is 31.2 Å². The van der Waals surface area contributed by atoms with E-state index in [9.17, 15) is 0 Å². The maximum atomic E-state index is 5.87. The van der Waals surface area contributed by atoms with Crippen molar-refractivity contribution in [1.82, 2.24) is 30.0 Å². The highest BCUT2D eigenvalue weighted by atomic mass is 16.5. The summed E-state index contributed by atoms with van der Waals surface area (Å²) in [6, 6.07) is 7.90. The molecule has 1 aliphatic rings. The van der Waals surface area contributed by atoms with Crippen LogP contribution in [0.4, 0.5) is 0 Å². The smallest absolute Gasteiger partial charge is 0.174 e. The summed E-state index contributed by atoms with van der Waals surface area (Å²) >= 11 is 0. The first-order chi connectivity index (χ1) is 12.8. The number of morpholine rings is 1. The molecule has 1 aliphatic heterocycles. The molecule has 1 saturated heterocycles. The van der Waals surface area contributed by atoms with Gasteiger partial charge in [0, 0.05) is 31.9 Å². The predicted molar refractivity (Wildman–Crippen MR) is 94.3 cm³/mol. The van der Waals surface area contributed by atoms with Crippen LogP contribution in [0.25, 0.3) is 5.82 Å². The lowest BCUT2D eigenvalue weighted by Gasteiger charge is -2.22. The number of nitrogens with one attached hydrogen (secondary N) is 1. The summed E-state index contributed by atoms with van der Waals surface area (Å²) < 4.78 is 12.8. The molecule has 0 amide bonds. The number of hydrogen-bond donors (Lipinski definition) is 1. The maximum Gasteiger partial charge on any atom is 0.174 e. The Balaban J connectivity index is 1.65. The standard InChI is InChI=1S/C18H20N6O2/c1-25-14-4-2-13(3-5-14)10-16-22-18(15-11-20-8-9-26-15)24(23-16)17-12-19-6-7-21-17/h2-7,12,15,20H,8-11H2,1H3. The lowest BCUT2D eigenvalue weighted by Crippen LogP contribution is -2.34. The molecule has 8 nitrogen and oxygen atoms in total. The van der Waals surface area contributed by atoms with Crippen LogP contribution in [0.3, 0.4) is 0 Å². The van der Waals surface area contributed by atoms with Gasteiger partial charge in [0.1, 0.15) is 11.9 Å². The predicted octanol–water partition coefficient (Wildman–Crippen LogP) is 1.32. The van der Waals surface area contributed by atoms with Crippen LogP contribution in [-0.4, -0.2) is 51.5 Å². The van der Waals surface area contributed by atoms with Gasteiger partial charge in [-0.3, -0.25) is 4.98 Å². The van der Waals surface area contributed by atoms with E-state index < -0.39 is 0 Å². The van der Waals surface area contributed by atoms with Crippen molar-refractivity contribution >= 4 is 0 Å². The summed E-state index contributed by atoms with van der Waals surface area (Å²) in [5, 5.41) is 7.99. The van der Waals surface area contributed by atoms with Crippen LogP contribution in [0.15, 0.2) is 42.9 Å². The molecular weight excluding hydrogens is 332 g/mol. The zero-order valence-electron chi connectivity index (χ0n) is 14.5. The molecule has 0 saturated carbocycles. The third-order valence-electron chi connectivity index (χ3n) is 4.18. The van der Waals surface area contributed by atoms with Gasteiger partial charge in [0.15, 0.2) is 17.5 Å². The van der Waals surface area contributed by atoms with Crippen molar-refractivity contribution in [3.05, 3.63) is 60.1 Å². The van der Waals surface area contributed by atoms with Crippen LogP contribution >= 0.6 is 0 Å².